The van der Waals surface area contributed by atoms with Crippen LogP contribution in [0.2, 0.25) is 36.3 Å². The molecule has 0 saturated carbocycles. The van der Waals surface area contributed by atoms with E-state index in [2.05, 4.69) is 67.7 Å². The van der Waals surface area contributed by atoms with Gasteiger partial charge >= 0.3 is 0 Å². The molecule has 2 atom stereocenters. The molecular formula is C23H48O5Si2. The number of ether oxygens (including phenoxy) is 1. The van der Waals surface area contributed by atoms with E-state index in [0.717, 1.165) is 0 Å². The van der Waals surface area contributed by atoms with Crippen molar-refractivity contribution in [3.05, 3.63) is 0 Å². The van der Waals surface area contributed by atoms with Crippen LogP contribution in [0.25, 0.3) is 0 Å². The third-order valence-electron chi connectivity index (χ3n) is 6.78. The summed E-state index contributed by atoms with van der Waals surface area (Å²) in [4.78, 5) is 23.2. The lowest BCUT2D eigenvalue weighted by Crippen LogP contribution is -2.44. The monoisotopic (exact) mass is 460 g/mol. The number of carbonyl (C=O) groups excluding carboxylic acids is 2. The standard InChI is InChI=1S/C23H48O5Si2/c1-19(28-30(10,11)23(5,6)7)17-21(26-18-24)14-12-13-20(25)15-16-27-29(8,9)22(2,3)4/h18-19,21H,12-17H2,1-11H3/t19-,21+/m1/s1. The van der Waals surface area contributed by atoms with Crippen molar-refractivity contribution in [2.24, 2.45) is 0 Å². The largest absolute Gasteiger partial charge is 0.464 e. The number of carbonyl (C=O) groups is 2. The van der Waals surface area contributed by atoms with Crippen molar-refractivity contribution in [1.82, 2.24) is 0 Å². The van der Waals surface area contributed by atoms with E-state index in [1.54, 1.807) is 0 Å². The van der Waals surface area contributed by atoms with Crippen molar-refractivity contribution in [2.45, 2.75) is 129 Å². The fraction of sp³-hybridized carbons (Fsp3) is 0.913. The summed E-state index contributed by atoms with van der Waals surface area (Å²) in [5.74, 6) is 0.212. The molecule has 0 unspecified atom stereocenters. The summed E-state index contributed by atoms with van der Waals surface area (Å²) in [7, 11) is -3.66. The van der Waals surface area contributed by atoms with Crippen molar-refractivity contribution >= 4 is 28.9 Å². The van der Waals surface area contributed by atoms with Gasteiger partial charge in [-0.25, -0.2) is 0 Å². The smallest absolute Gasteiger partial charge is 0.293 e. The quantitative estimate of drug-likeness (QED) is 0.219. The summed E-state index contributed by atoms with van der Waals surface area (Å²) in [6.07, 6.45) is 2.81. The average molecular weight is 461 g/mol. The molecule has 178 valence electrons. The molecule has 0 fully saturated rings. The molecule has 0 N–H and O–H groups in total. The lowest BCUT2D eigenvalue weighted by molar-refractivity contribution is -0.135. The molecule has 0 aromatic rings. The van der Waals surface area contributed by atoms with Crippen LogP contribution in [0.3, 0.4) is 0 Å². The number of ketones is 1. The van der Waals surface area contributed by atoms with Gasteiger partial charge in [0.2, 0.25) is 0 Å². The zero-order chi connectivity index (χ0) is 23.8. The number of hydrogen-bond acceptors (Lipinski definition) is 5. The maximum absolute atomic E-state index is 12.2. The van der Waals surface area contributed by atoms with Crippen molar-refractivity contribution in [1.29, 1.82) is 0 Å². The molecule has 0 aliphatic heterocycles. The molecule has 0 amide bonds. The van der Waals surface area contributed by atoms with E-state index in [1.807, 2.05) is 6.92 Å². The van der Waals surface area contributed by atoms with Gasteiger partial charge in [0.15, 0.2) is 16.6 Å². The summed E-state index contributed by atoms with van der Waals surface area (Å²) in [6.45, 7) is 25.1. The zero-order valence-electron chi connectivity index (χ0n) is 21.5. The van der Waals surface area contributed by atoms with Crippen LogP contribution in [0.4, 0.5) is 0 Å². The Morgan fingerprint density at radius 1 is 0.933 bits per heavy atom. The predicted molar refractivity (Wildman–Crippen MR) is 130 cm³/mol. The van der Waals surface area contributed by atoms with Gasteiger partial charge in [-0.1, -0.05) is 41.5 Å². The van der Waals surface area contributed by atoms with Gasteiger partial charge in [0.05, 0.1) is 0 Å². The van der Waals surface area contributed by atoms with Crippen molar-refractivity contribution in [3.63, 3.8) is 0 Å². The molecule has 0 aromatic carbocycles. The minimum Gasteiger partial charge on any atom is -0.464 e. The Balaban J connectivity index is 4.42. The number of Topliss-reactive ketones (excluding diaryl/α,β-unsaturated/α-hetero) is 1. The van der Waals surface area contributed by atoms with Gasteiger partial charge in [-0.05, 0) is 56.0 Å². The summed E-state index contributed by atoms with van der Waals surface area (Å²) in [5, 5.41) is 0.291. The van der Waals surface area contributed by atoms with E-state index in [4.69, 9.17) is 13.6 Å². The van der Waals surface area contributed by atoms with Crippen LogP contribution in [-0.2, 0) is 23.2 Å². The molecule has 0 heterocycles. The molecule has 0 rings (SSSR count). The van der Waals surface area contributed by atoms with E-state index < -0.39 is 16.6 Å². The molecule has 0 bridgehead atoms. The van der Waals surface area contributed by atoms with Crippen molar-refractivity contribution in [2.75, 3.05) is 6.61 Å². The van der Waals surface area contributed by atoms with E-state index in [-0.39, 0.29) is 28.1 Å². The normalized spacial score (nSPS) is 15.6. The van der Waals surface area contributed by atoms with Gasteiger partial charge in [-0.3, -0.25) is 9.59 Å². The van der Waals surface area contributed by atoms with Crippen LogP contribution in [0.5, 0.6) is 0 Å². The first kappa shape index (κ1) is 29.5. The highest BCUT2D eigenvalue weighted by molar-refractivity contribution is 6.74. The maximum Gasteiger partial charge on any atom is 0.293 e. The summed E-state index contributed by atoms with van der Waals surface area (Å²) in [6, 6.07) is 0. The first-order valence-electron chi connectivity index (χ1n) is 11.4. The van der Waals surface area contributed by atoms with Crippen LogP contribution in [0.15, 0.2) is 0 Å². The van der Waals surface area contributed by atoms with Gasteiger partial charge in [0.1, 0.15) is 11.9 Å². The zero-order valence-corrected chi connectivity index (χ0v) is 23.5. The number of rotatable bonds is 14. The number of hydrogen-bond donors (Lipinski definition) is 0. The Labute approximate surface area is 187 Å². The van der Waals surface area contributed by atoms with E-state index in [9.17, 15) is 9.59 Å². The highest BCUT2D eigenvalue weighted by Crippen LogP contribution is 2.38. The van der Waals surface area contributed by atoms with Gasteiger partial charge in [0.25, 0.3) is 6.47 Å². The maximum atomic E-state index is 12.2. The van der Waals surface area contributed by atoms with Gasteiger partial charge < -0.3 is 13.6 Å². The Morgan fingerprint density at radius 3 is 1.93 bits per heavy atom. The highest BCUT2D eigenvalue weighted by Gasteiger charge is 2.39. The minimum atomic E-state index is -1.86. The summed E-state index contributed by atoms with van der Waals surface area (Å²) >= 11 is 0. The molecule has 0 aliphatic carbocycles. The van der Waals surface area contributed by atoms with Gasteiger partial charge in [0, 0.05) is 32.0 Å². The van der Waals surface area contributed by atoms with Crippen LogP contribution < -0.4 is 0 Å². The Morgan fingerprint density at radius 2 is 1.47 bits per heavy atom. The molecule has 7 heteroatoms. The molecule has 30 heavy (non-hydrogen) atoms. The molecule has 0 saturated heterocycles. The van der Waals surface area contributed by atoms with E-state index in [1.165, 1.54) is 0 Å². The molecule has 0 radical (unpaired) electrons. The van der Waals surface area contributed by atoms with Crippen LogP contribution >= 0.6 is 0 Å². The lowest BCUT2D eigenvalue weighted by Gasteiger charge is -2.39. The molecule has 0 aromatic heterocycles. The molecule has 0 aliphatic rings. The molecule has 0 spiro atoms. The minimum absolute atomic E-state index is 0.0181. The molecular weight excluding hydrogens is 412 g/mol. The lowest BCUT2D eigenvalue weighted by atomic mass is 10.0. The first-order chi connectivity index (χ1) is 13.4. The van der Waals surface area contributed by atoms with E-state index in [0.29, 0.717) is 45.2 Å². The van der Waals surface area contributed by atoms with Crippen molar-refractivity contribution < 1.29 is 23.2 Å². The van der Waals surface area contributed by atoms with Gasteiger partial charge in [-0.2, -0.15) is 0 Å². The first-order valence-corrected chi connectivity index (χ1v) is 17.2. The van der Waals surface area contributed by atoms with Crippen molar-refractivity contribution in [3.8, 4) is 0 Å². The topological polar surface area (TPSA) is 61.8 Å². The second-order valence-electron chi connectivity index (χ2n) is 11.6. The van der Waals surface area contributed by atoms with Gasteiger partial charge in [-0.15, -0.1) is 0 Å². The SMILES string of the molecule is C[C@H](C[C@H](CCCC(=O)CCO[Si](C)(C)C(C)(C)C)OC=O)O[Si](C)(C)C(C)(C)C. The third kappa shape index (κ3) is 10.7. The second-order valence-corrected chi connectivity index (χ2v) is 21.1. The molecule has 5 nitrogen and oxygen atoms in total. The summed E-state index contributed by atoms with van der Waals surface area (Å²) in [5.41, 5.74) is 0. The fourth-order valence-electron chi connectivity index (χ4n) is 2.71. The summed E-state index contributed by atoms with van der Waals surface area (Å²) < 4.78 is 17.8. The van der Waals surface area contributed by atoms with E-state index >= 15 is 0 Å². The Hall–Kier alpha value is -0.506. The fourth-order valence-corrected chi connectivity index (χ4v) is 5.21. The van der Waals surface area contributed by atoms with Crippen LogP contribution in [0, 0.1) is 0 Å². The highest BCUT2D eigenvalue weighted by atomic mass is 28.4. The van der Waals surface area contributed by atoms with Crippen LogP contribution in [0.1, 0.15) is 80.6 Å². The predicted octanol–water partition coefficient (Wildman–Crippen LogP) is 6.48. The Bertz CT molecular complexity index is 533. The average Bonchev–Trinajstić information content (AvgIpc) is 2.51. The Kier molecular flexibility index (Phi) is 11.7. The third-order valence-corrected chi connectivity index (χ3v) is 15.9. The van der Waals surface area contributed by atoms with Crippen LogP contribution in [-0.4, -0.2) is 47.7 Å². The second kappa shape index (κ2) is 11.9.